The van der Waals surface area contributed by atoms with Crippen molar-refractivity contribution >= 4 is 87.0 Å². The summed E-state index contributed by atoms with van der Waals surface area (Å²) in [6, 6.07) is 65.4. The van der Waals surface area contributed by atoms with Crippen LogP contribution in [0.4, 0.5) is 0 Å². The standard InChI is InChI=1S/C52H30O2/c1-2-12-31(13-3-1)49-39-16-6-8-18-41(39)50(42-19-9-7-17-40(42)49)34-24-26-37-36-25-22-33(29-47(36)53-48(37)30-34)32-23-27-43-45(28-32)35-14-4-5-15-38(35)51-44-20-10-11-21-46(44)54-52(43)51/h1-30H. The molecule has 10 aromatic carbocycles. The quantitative estimate of drug-likeness (QED) is 0.137. The molecule has 2 nitrogen and oxygen atoms in total. The summed E-state index contributed by atoms with van der Waals surface area (Å²) in [5, 5.41) is 14.3. The van der Waals surface area contributed by atoms with Crippen molar-refractivity contribution in [3.8, 4) is 33.4 Å². The molecule has 0 aliphatic rings. The largest absolute Gasteiger partial charge is 0.456 e. The number of rotatable bonds is 3. The fourth-order valence-electron chi connectivity index (χ4n) is 9.05. The van der Waals surface area contributed by atoms with Gasteiger partial charge >= 0.3 is 0 Å². The molecule has 250 valence electrons. The topological polar surface area (TPSA) is 26.3 Å². The number of fused-ring (bicyclic) bond motifs is 13. The molecule has 2 aromatic heterocycles. The van der Waals surface area contributed by atoms with Gasteiger partial charge in [-0.2, -0.15) is 0 Å². The second kappa shape index (κ2) is 11.2. The van der Waals surface area contributed by atoms with Gasteiger partial charge in [0.2, 0.25) is 0 Å². The third-order valence-corrected chi connectivity index (χ3v) is 11.4. The minimum absolute atomic E-state index is 0.881. The van der Waals surface area contributed by atoms with Crippen LogP contribution in [0.1, 0.15) is 0 Å². The minimum atomic E-state index is 0.881. The molecular weight excluding hydrogens is 657 g/mol. The van der Waals surface area contributed by atoms with Gasteiger partial charge in [0, 0.05) is 26.9 Å². The van der Waals surface area contributed by atoms with Crippen LogP contribution in [0.3, 0.4) is 0 Å². The smallest absolute Gasteiger partial charge is 0.143 e. The van der Waals surface area contributed by atoms with Gasteiger partial charge in [-0.15, -0.1) is 0 Å². The van der Waals surface area contributed by atoms with Crippen LogP contribution in [0, 0.1) is 0 Å². The van der Waals surface area contributed by atoms with E-state index in [1.54, 1.807) is 0 Å². The van der Waals surface area contributed by atoms with Gasteiger partial charge in [0.1, 0.15) is 22.3 Å². The normalized spacial score (nSPS) is 12.1. The van der Waals surface area contributed by atoms with Crippen molar-refractivity contribution in [1.82, 2.24) is 0 Å². The Hall–Kier alpha value is -7.16. The van der Waals surface area contributed by atoms with Gasteiger partial charge in [-0.25, -0.2) is 0 Å². The van der Waals surface area contributed by atoms with Crippen molar-refractivity contribution in [3.05, 3.63) is 182 Å². The Morgan fingerprint density at radius 2 is 0.722 bits per heavy atom. The van der Waals surface area contributed by atoms with E-state index in [1.165, 1.54) is 59.8 Å². The van der Waals surface area contributed by atoms with Crippen LogP contribution in [-0.4, -0.2) is 0 Å². The highest BCUT2D eigenvalue weighted by Gasteiger charge is 2.19. The molecule has 0 aliphatic carbocycles. The average molecular weight is 687 g/mol. The van der Waals surface area contributed by atoms with Crippen molar-refractivity contribution in [3.63, 3.8) is 0 Å². The molecule has 0 N–H and O–H groups in total. The SMILES string of the molecule is c1ccc(-c2c3ccccc3c(-c3ccc4c(c3)oc3cc(-c5ccc6c(c5)c5ccccc5c5c7ccccc7oc65)ccc34)c3ccccc23)cc1. The number of furan rings is 2. The van der Waals surface area contributed by atoms with E-state index in [0.717, 1.165) is 60.6 Å². The summed E-state index contributed by atoms with van der Waals surface area (Å²) in [6.07, 6.45) is 0. The lowest BCUT2D eigenvalue weighted by Crippen LogP contribution is -1.90. The minimum Gasteiger partial charge on any atom is -0.456 e. The third-order valence-electron chi connectivity index (χ3n) is 11.4. The monoisotopic (exact) mass is 686 g/mol. The molecule has 0 fully saturated rings. The molecule has 0 atom stereocenters. The average Bonchev–Trinajstić information content (AvgIpc) is 3.81. The molecule has 2 heterocycles. The summed E-state index contributed by atoms with van der Waals surface area (Å²) in [5.41, 5.74) is 10.7. The van der Waals surface area contributed by atoms with Crippen LogP contribution in [0.25, 0.3) is 120 Å². The van der Waals surface area contributed by atoms with Crippen molar-refractivity contribution in [2.45, 2.75) is 0 Å². The molecule has 0 bridgehead atoms. The number of hydrogen-bond donors (Lipinski definition) is 0. The Labute approximate surface area is 310 Å². The van der Waals surface area contributed by atoms with E-state index in [9.17, 15) is 0 Å². The number of benzene rings is 10. The zero-order valence-electron chi connectivity index (χ0n) is 29.1. The van der Waals surface area contributed by atoms with E-state index in [-0.39, 0.29) is 0 Å². The molecule has 0 radical (unpaired) electrons. The van der Waals surface area contributed by atoms with E-state index in [0.29, 0.717) is 0 Å². The second-order valence-electron chi connectivity index (χ2n) is 14.3. The number of para-hydroxylation sites is 1. The van der Waals surface area contributed by atoms with Gasteiger partial charge in [0.15, 0.2) is 0 Å². The van der Waals surface area contributed by atoms with Crippen molar-refractivity contribution in [1.29, 1.82) is 0 Å². The maximum absolute atomic E-state index is 6.73. The molecule has 0 spiro atoms. The molecule has 54 heavy (non-hydrogen) atoms. The highest BCUT2D eigenvalue weighted by molar-refractivity contribution is 6.30. The zero-order valence-corrected chi connectivity index (χ0v) is 29.1. The lowest BCUT2D eigenvalue weighted by Gasteiger charge is -2.17. The second-order valence-corrected chi connectivity index (χ2v) is 14.3. The first-order chi connectivity index (χ1) is 26.8. The Bertz CT molecular complexity index is 3430. The molecule has 2 heteroatoms. The van der Waals surface area contributed by atoms with Crippen molar-refractivity contribution < 1.29 is 8.83 Å². The first-order valence-corrected chi connectivity index (χ1v) is 18.5. The molecule has 12 aromatic rings. The van der Waals surface area contributed by atoms with E-state index in [4.69, 9.17) is 8.83 Å². The van der Waals surface area contributed by atoms with Gasteiger partial charge in [-0.3, -0.25) is 0 Å². The Morgan fingerprint density at radius 3 is 1.39 bits per heavy atom. The van der Waals surface area contributed by atoms with Crippen molar-refractivity contribution in [2.24, 2.45) is 0 Å². The van der Waals surface area contributed by atoms with Crippen LogP contribution in [0.2, 0.25) is 0 Å². The van der Waals surface area contributed by atoms with Crippen LogP contribution < -0.4 is 0 Å². The lowest BCUT2D eigenvalue weighted by atomic mass is 9.86. The summed E-state index contributed by atoms with van der Waals surface area (Å²) in [5.74, 6) is 0. The highest BCUT2D eigenvalue weighted by Crippen LogP contribution is 2.46. The zero-order chi connectivity index (χ0) is 35.3. The predicted molar refractivity (Wildman–Crippen MR) is 227 cm³/mol. The Balaban J connectivity index is 1.02. The Morgan fingerprint density at radius 1 is 0.241 bits per heavy atom. The molecule has 0 saturated carbocycles. The Kier molecular flexibility index (Phi) is 6.09. The summed E-state index contributed by atoms with van der Waals surface area (Å²) < 4.78 is 13.2. The summed E-state index contributed by atoms with van der Waals surface area (Å²) in [7, 11) is 0. The molecule has 0 amide bonds. The van der Waals surface area contributed by atoms with Crippen LogP contribution >= 0.6 is 0 Å². The first-order valence-electron chi connectivity index (χ1n) is 18.5. The van der Waals surface area contributed by atoms with Gasteiger partial charge in [-0.05, 0) is 114 Å². The predicted octanol–water partition coefficient (Wildman–Crippen LogP) is 15.1. The molecule has 0 aliphatic heterocycles. The van der Waals surface area contributed by atoms with Gasteiger partial charge < -0.3 is 8.83 Å². The lowest BCUT2D eigenvalue weighted by molar-refractivity contribution is 0.669. The summed E-state index contributed by atoms with van der Waals surface area (Å²) >= 11 is 0. The maximum Gasteiger partial charge on any atom is 0.143 e. The van der Waals surface area contributed by atoms with E-state index in [1.807, 2.05) is 6.07 Å². The maximum atomic E-state index is 6.73. The van der Waals surface area contributed by atoms with Gasteiger partial charge in [0.25, 0.3) is 0 Å². The van der Waals surface area contributed by atoms with Crippen LogP contribution in [0.15, 0.2) is 191 Å². The molecular formula is C52H30O2. The number of hydrogen-bond acceptors (Lipinski definition) is 2. The van der Waals surface area contributed by atoms with E-state index < -0.39 is 0 Å². The van der Waals surface area contributed by atoms with Gasteiger partial charge in [0.05, 0.1) is 0 Å². The van der Waals surface area contributed by atoms with Crippen LogP contribution in [-0.2, 0) is 0 Å². The fraction of sp³-hybridized carbons (Fsp3) is 0. The molecule has 0 saturated heterocycles. The highest BCUT2D eigenvalue weighted by atomic mass is 16.3. The van der Waals surface area contributed by atoms with Gasteiger partial charge in [-0.1, -0.05) is 140 Å². The van der Waals surface area contributed by atoms with Crippen LogP contribution in [0.5, 0.6) is 0 Å². The third kappa shape index (κ3) is 4.17. The summed E-state index contributed by atoms with van der Waals surface area (Å²) in [6.45, 7) is 0. The van der Waals surface area contributed by atoms with Crippen molar-refractivity contribution in [2.75, 3.05) is 0 Å². The molecule has 0 unspecified atom stereocenters. The summed E-state index contributed by atoms with van der Waals surface area (Å²) in [4.78, 5) is 0. The molecule has 12 rings (SSSR count). The van der Waals surface area contributed by atoms with E-state index >= 15 is 0 Å². The first kappa shape index (κ1) is 29.4. The van der Waals surface area contributed by atoms with E-state index in [2.05, 4.69) is 176 Å². The fourth-order valence-corrected chi connectivity index (χ4v) is 9.05.